The predicted octanol–water partition coefficient (Wildman–Crippen LogP) is 1.58. The number of hydrogen-bond acceptors (Lipinski definition) is 7. The maximum atomic E-state index is 10.7. The molecule has 0 fully saturated rings. The van der Waals surface area contributed by atoms with Gasteiger partial charge in [0.1, 0.15) is 6.61 Å². The van der Waals surface area contributed by atoms with Crippen LogP contribution in [0.3, 0.4) is 0 Å². The van der Waals surface area contributed by atoms with Gasteiger partial charge in [-0.2, -0.15) is 0 Å². The van der Waals surface area contributed by atoms with Crippen molar-refractivity contribution >= 4 is 5.69 Å². The highest BCUT2D eigenvalue weighted by molar-refractivity contribution is 5.48. The first-order valence-corrected chi connectivity index (χ1v) is 6.36. The van der Waals surface area contributed by atoms with Crippen LogP contribution in [0.2, 0.25) is 0 Å². The highest BCUT2D eigenvalue weighted by Gasteiger charge is 2.13. The van der Waals surface area contributed by atoms with Crippen LogP contribution in [-0.4, -0.2) is 32.2 Å². The molecule has 1 aromatic carbocycles. The minimum absolute atomic E-state index is 0.0602. The van der Waals surface area contributed by atoms with Gasteiger partial charge in [0.05, 0.1) is 18.1 Å². The SMILES string of the molecule is CCCn1nnnc1COc1ccc([N+](=O)[O-])cc1OC. The Hall–Kier alpha value is -2.71. The number of tetrazole rings is 1. The van der Waals surface area contributed by atoms with E-state index >= 15 is 0 Å². The molecule has 1 heterocycles. The molecule has 9 heteroatoms. The van der Waals surface area contributed by atoms with E-state index in [-0.39, 0.29) is 12.3 Å². The van der Waals surface area contributed by atoms with Crippen molar-refractivity contribution in [2.75, 3.05) is 7.11 Å². The fourth-order valence-electron chi connectivity index (χ4n) is 1.74. The Balaban J connectivity index is 2.12. The lowest BCUT2D eigenvalue weighted by Gasteiger charge is -2.10. The highest BCUT2D eigenvalue weighted by atomic mass is 16.6. The van der Waals surface area contributed by atoms with E-state index in [9.17, 15) is 10.1 Å². The second-order valence-corrected chi connectivity index (χ2v) is 4.20. The quantitative estimate of drug-likeness (QED) is 0.563. The summed E-state index contributed by atoms with van der Waals surface area (Å²) >= 11 is 0. The number of hydrogen-bond donors (Lipinski definition) is 0. The van der Waals surface area contributed by atoms with Crippen molar-refractivity contribution in [3.05, 3.63) is 34.1 Å². The molecule has 0 aliphatic rings. The number of rotatable bonds is 7. The first-order valence-electron chi connectivity index (χ1n) is 6.36. The van der Waals surface area contributed by atoms with E-state index in [0.29, 0.717) is 23.9 Å². The lowest BCUT2D eigenvalue weighted by Crippen LogP contribution is -2.09. The standard InChI is InChI=1S/C12H15N5O4/c1-3-6-16-12(13-14-15-16)8-21-10-5-4-9(17(18)19)7-11(10)20-2/h4-5,7H,3,6,8H2,1-2H3. The largest absolute Gasteiger partial charge is 0.493 e. The van der Waals surface area contributed by atoms with Gasteiger partial charge in [0.2, 0.25) is 0 Å². The van der Waals surface area contributed by atoms with Gasteiger partial charge in [-0.3, -0.25) is 10.1 Å². The number of aryl methyl sites for hydroxylation is 1. The Morgan fingerprint density at radius 2 is 2.19 bits per heavy atom. The number of non-ortho nitro benzene ring substituents is 1. The van der Waals surface area contributed by atoms with Crippen LogP contribution in [0.25, 0.3) is 0 Å². The summed E-state index contributed by atoms with van der Waals surface area (Å²) in [4.78, 5) is 10.2. The van der Waals surface area contributed by atoms with Gasteiger partial charge in [0.25, 0.3) is 5.69 Å². The third-order valence-corrected chi connectivity index (χ3v) is 2.76. The van der Waals surface area contributed by atoms with Gasteiger partial charge in [0.15, 0.2) is 17.3 Å². The molecule has 9 nitrogen and oxygen atoms in total. The molecule has 2 aromatic rings. The van der Waals surface area contributed by atoms with Gasteiger partial charge in [-0.15, -0.1) is 5.10 Å². The fourth-order valence-corrected chi connectivity index (χ4v) is 1.74. The Morgan fingerprint density at radius 1 is 1.38 bits per heavy atom. The van der Waals surface area contributed by atoms with Crippen molar-refractivity contribution in [3.63, 3.8) is 0 Å². The van der Waals surface area contributed by atoms with E-state index in [0.717, 1.165) is 6.42 Å². The molecule has 0 atom stereocenters. The van der Waals surface area contributed by atoms with E-state index in [1.807, 2.05) is 6.92 Å². The van der Waals surface area contributed by atoms with E-state index in [4.69, 9.17) is 9.47 Å². The maximum Gasteiger partial charge on any atom is 0.273 e. The van der Waals surface area contributed by atoms with Crippen molar-refractivity contribution in [1.82, 2.24) is 20.2 Å². The minimum atomic E-state index is -0.492. The van der Waals surface area contributed by atoms with Crippen molar-refractivity contribution in [2.24, 2.45) is 0 Å². The first kappa shape index (κ1) is 14.7. The van der Waals surface area contributed by atoms with Crippen molar-refractivity contribution in [2.45, 2.75) is 26.5 Å². The number of aromatic nitrogens is 4. The molecule has 21 heavy (non-hydrogen) atoms. The number of methoxy groups -OCH3 is 1. The molecule has 0 saturated carbocycles. The second-order valence-electron chi connectivity index (χ2n) is 4.20. The molecule has 0 unspecified atom stereocenters. The zero-order valence-electron chi connectivity index (χ0n) is 11.7. The summed E-state index contributed by atoms with van der Waals surface area (Å²) in [7, 11) is 1.42. The molecular formula is C12H15N5O4. The monoisotopic (exact) mass is 293 g/mol. The maximum absolute atomic E-state index is 10.7. The smallest absolute Gasteiger partial charge is 0.273 e. The lowest BCUT2D eigenvalue weighted by atomic mass is 10.3. The van der Waals surface area contributed by atoms with Gasteiger partial charge in [-0.25, -0.2) is 4.68 Å². The van der Waals surface area contributed by atoms with Crippen LogP contribution < -0.4 is 9.47 Å². The van der Waals surface area contributed by atoms with Crippen molar-refractivity contribution in [3.8, 4) is 11.5 Å². The molecule has 0 amide bonds. The summed E-state index contributed by atoms with van der Waals surface area (Å²) in [6.07, 6.45) is 0.902. The molecule has 0 aliphatic heterocycles. The fraction of sp³-hybridized carbons (Fsp3) is 0.417. The summed E-state index contributed by atoms with van der Waals surface area (Å²) in [5.74, 6) is 1.27. The summed E-state index contributed by atoms with van der Waals surface area (Å²) in [5, 5.41) is 22.0. The molecule has 0 radical (unpaired) electrons. The van der Waals surface area contributed by atoms with Crippen molar-refractivity contribution < 1.29 is 14.4 Å². The Bertz CT molecular complexity index is 628. The Kier molecular flexibility index (Phi) is 4.64. The first-order chi connectivity index (χ1) is 10.2. The third kappa shape index (κ3) is 3.44. The Morgan fingerprint density at radius 3 is 2.86 bits per heavy atom. The molecule has 112 valence electrons. The van der Waals surface area contributed by atoms with E-state index in [2.05, 4.69) is 15.5 Å². The zero-order chi connectivity index (χ0) is 15.2. The number of benzene rings is 1. The summed E-state index contributed by atoms with van der Waals surface area (Å²) in [6, 6.07) is 4.15. The Labute approximate surface area is 120 Å². The zero-order valence-corrected chi connectivity index (χ0v) is 11.7. The predicted molar refractivity (Wildman–Crippen MR) is 72.1 cm³/mol. The number of nitro groups is 1. The molecule has 0 saturated heterocycles. The molecule has 0 aliphatic carbocycles. The van der Waals surface area contributed by atoms with E-state index in [1.165, 1.54) is 25.3 Å². The lowest BCUT2D eigenvalue weighted by molar-refractivity contribution is -0.385. The third-order valence-electron chi connectivity index (χ3n) is 2.76. The molecule has 1 aromatic heterocycles. The molecule has 0 bridgehead atoms. The molecule has 0 spiro atoms. The van der Waals surface area contributed by atoms with Gasteiger partial charge >= 0.3 is 0 Å². The van der Waals surface area contributed by atoms with E-state index < -0.39 is 4.92 Å². The minimum Gasteiger partial charge on any atom is -0.493 e. The van der Waals surface area contributed by atoms with Gasteiger partial charge < -0.3 is 9.47 Å². The summed E-state index contributed by atoms with van der Waals surface area (Å²) in [6.45, 7) is 2.87. The normalized spacial score (nSPS) is 10.4. The second kappa shape index (κ2) is 6.64. The van der Waals surface area contributed by atoms with Crippen molar-refractivity contribution in [1.29, 1.82) is 0 Å². The number of ether oxygens (including phenoxy) is 2. The summed E-state index contributed by atoms with van der Waals surface area (Å²) < 4.78 is 12.3. The molecule has 0 N–H and O–H groups in total. The van der Waals surface area contributed by atoms with Crippen LogP contribution in [0, 0.1) is 10.1 Å². The topological polar surface area (TPSA) is 105 Å². The average Bonchev–Trinajstić information content (AvgIpc) is 2.92. The number of nitro benzene ring substituents is 1. The van der Waals surface area contributed by atoms with E-state index in [1.54, 1.807) is 4.68 Å². The molecule has 2 rings (SSSR count). The number of nitrogens with zero attached hydrogens (tertiary/aromatic N) is 5. The summed E-state index contributed by atoms with van der Waals surface area (Å²) in [5.41, 5.74) is -0.0602. The van der Waals surface area contributed by atoms with Crippen LogP contribution in [0.5, 0.6) is 11.5 Å². The van der Waals surface area contributed by atoms with Gasteiger partial charge in [-0.1, -0.05) is 6.92 Å². The van der Waals surface area contributed by atoms with Gasteiger partial charge in [0, 0.05) is 12.6 Å². The highest BCUT2D eigenvalue weighted by Crippen LogP contribution is 2.31. The van der Waals surface area contributed by atoms with Crippen LogP contribution in [0.15, 0.2) is 18.2 Å². The van der Waals surface area contributed by atoms with Crippen LogP contribution in [0.1, 0.15) is 19.2 Å². The van der Waals surface area contributed by atoms with Gasteiger partial charge in [-0.05, 0) is 22.9 Å². The van der Waals surface area contributed by atoms with Crippen LogP contribution in [-0.2, 0) is 13.2 Å². The molecular weight excluding hydrogens is 278 g/mol. The average molecular weight is 293 g/mol. The van der Waals surface area contributed by atoms with Crippen LogP contribution >= 0.6 is 0 Å². The van der Waals surface area contributed by atoms with Crippen LogP contribution in [0.4, 0.5) is 5.69 Å².